The Bertz CT molecular complexity index is 897. The quantitative estimate of drug-likeness (QED) is 0.649. The van der Waals surface area contributed by atoms with Gasteiger partial charge in [-0.05, 0) is 34.1 Å². The Kier molecular flexibility index (Phi) is 6.20. The van der Waals surface area contributed by atoms with Crippen molar-refractivity contribution in [3.05, 3.63) is 64.4 Å². The Labute approximate surface area is 166 Å². The average Bonchev–Trinajstić information content (AvgIpc) is 2.70. The van der Waals surface area contributed by atoms with Crippen molar-refractivity contribution >= 4 is 39.3 Å². The molecular weight excluding hydrogens is 410 g/mol. The van der Waals surface area contributed by atoms with E-state index >= 15 is 0 Å². The Morgan fingerprint density at radius 1 is 1.30 bits per heavy atom. The van der Waals surface area contributed by atoms with Crippen molar-refractivity contribution in [3.63, 3.8) is 0 Å². The molecule has 0 radical (unpaired) electrons. The highest BCUT2D eigenvalue weighted by Crippen LogP contribution is 2.27. The highest BCUT2D eigenvalue weighted by Gasteiger charge is 2.14. The van der Waals surface area contributed by atoms with Gasteiger partial charge in [-0.25, -0.2) is 4.98 Å². The summed E-state index contributed by atoms with van der Waals surface area (Å²) in [6.45, 7) is 0. The normalized spacial score (nSPS) is 15.8. The smallest absolute Gasteiger partial charge is 0.253 e. The predicted octanol–water partition coefficient (Wildman–Crippen LogP) is 3.61. The number of rotatable bonds is 6. The third-order valence-electron chi connectivity index (χ3n) is 4.02. The molecule has 1 aliphatic carbocycles. The molecule has 0 fully saturated rings. The van der Waals surface area contributed by atoms with Gasteiger partial charge >= 0.3 is 0 Å². The summed E-state index contributed by atoms with van der Waals surface area (Å²) in [5, 5.41) is 9.05. The maximum Gasteiger partial charge on any atom is 0.253 e. The maximum absolute atomic E-state index is 12.1. The van der Waals surface area contributed by atoms with Gasteiger partial charge in [0.25, 0.3) is 5.91 Å². The van der Waals surface area contributed by atoms with Gasteiger partial charge in [-0.3, -0.25) is 4.79 Å². The summed E-state index contributed by atoms with van der Waals surface area (Å²) in [5.41, 5.74) is 2.15. The van der Waals surface area contributed by atoms with Crippen LogP contribution in [-0.2, 0) is 4.74 Å². The fourth-order valence-electron chi connectivity index (χ4n) is 2.61. The molecule has 1 amide bonds. The summed E-state index contributed by atoms with van der Waals surface area (Å²) in [4.78, 5) is 20.9. The summed E-state index contributed by atoms with van der Waals surface area (Å²) < 4.78 is 6.05. The number of carbonyl (C=O) groups excluding carboxylic acids is 1. The minimum atomic E-state index is -0.175. The van der Waals surface area contributed by atoms with E-state index in [1.54, 1.807) is 26.4 Å². The summed E-state index contributed by atoms with van der Waals surface area (Å²) in [6, 6.07) is 7.24. The van der Waals surface area contributed by atoms with Gasteiger partial charge in [0.05, 0.1) is 21.8 Å². The molecule has 2 aromatic rings. The van der Waals surface area contributed by atoms with E-state index < -0.39 is 0 Å². The number of hydrogen-bond donors (Lipinski definition) is 3. The van der Waals surface area contributed by atoms with E-state index in [0.29, 0.717) is 33.9 Å². The number of allylic oxidation sites excluding steroid dienone is 2. The van der Waals surface area contributed by atoms with Crippen LogP contribution in [0.2, 0.25) is 0 Å². The summed E-state index contributed by atoms with van der Waals surface area (Å²) in [5.74, 6) is 0.833. The second-order valence-electron chi connectivity index (χ2n) is 5.82. The van der Waals surface area contributed by atoms with E-state index in [2.05, 4.69) is 41.8 Å². The highest BCUT2D eigenvalue weighted by atomic mass is 79.9. The minimum absolute atomic E-state index is 0.0324. The van der Waals surface area contributed by atoms with Gasteiger partial charge in [0.1, 0.15) is 5.82 Å². The molecule has 140 valence electrons. The number of methoxy groups -OCH3 is 1. The highest BCUT2D eigenvalue weighted by molar-refractivity contribution is 9.10. The number of carbonyl (C=O) groups is 1. The molecule has 0 saturated carbocycles. The lowest BCUT2D eigenvalue weighted by Crippen LogP contribution is -2.19. The first-order valence-electron chi connectivity index (χ1n) is 8.38. The van der Waals surface area contributed by atoms with E-state index in [-0.39, 0.29) is 12.0 Å². The van der Waals surface area contributed by atoms with Crippen LogP contribution >= 0.6 is 15.9 Å². The van der Waals surface area contributed by atoms with E-state index in [1.807, 2.05) is 36.4 Å². The van der Waals surface area contributed by atoms with Crippen molar-refractivity contribution in [3.8, 4) is 0 Å². The topological polar surface area (TPSA) is 88.2 Å². The van der Waals surface area contributed by atoms with E-state index in [1.165, 1.54) is 0 Å². The van der Waals surface area contributed by atoms with Crippen molar-refractivity contribution in [1.29, 1.82) is 0 Å². The molecule has 0 saturated heterocycles. The number of halogens is 1. The minimum Gasteiger partial charge on any atom is -0.377 e. The van der Waals surface area contributed by atoms with Gasteiger partial charge in [0.2, 0.25) is 5.95 Å². The van der Waals surface area contributed by atoms with Crippen LogP contribution in [0.1, 0.15) is 16.8 Å². The molecule has 0 bridgehead atoms. The van der Waals surface area contributed by atoms with Crippen molar-refractivity contribution in [2.45, 2.75) is 12.5 Å². The van der Waals surface area contributed by atoms with Crippen LogP contribution < -0.4 is 16.0 Å². The Morgan fingerprint density at radius 2 is 2.11 bits per heavy atom. The van der Waals surface area contributed by atoms with Crippen LogP contribution in [-0.4, -0.2) is 36.1 Å². The number of amides is 1. The molecule has 1 unspecified atom stereocenters. The average molecular weight is 430 g/mol. The lowest BCUT2D eigenvalue weighted by molar-refractivity contribution is 0.0964. The van der Waals surface area contributed by atoms with Crippen LogP contribution in [0, 0.1) is 0 Å². The third kappa shape index (κ3) is 4.72. The molecule has 27 heavy (non-hydrogen) atoms. The number of ether oxygens (including phenoxy) is 1. The van der Waals surface area contributed by atoms with Gasteiger partial charge in [0, 0.05) is 32.5 Å². The van der Waals surface area contributed by atoms with Crippen LogP contribution in [0.3, 0.4) is 0 Å². The number of nitrogens with one attached hydrogen (secondary N) is 3. The zero-order valence-corrected chi connectivity index (χ0v) is 16.6. The summed E-state index contributed by atoms with van der Waals surface area (Å²) in [6.07, 6.45) is 8.31. The second-order valence-corrected chi connectivity index (χ2v) is 6.67. The fraction of sp³-hybridized carbons (Fsp3) is 0.211. The number of benzene rings is 1. The lowest BCUT2D eigenvalue weighted by Gasteiger charge is -2.18. The van der Waals surface area contributed by atoms with Crippen LogP contribution in [0.25, 0.3) is 0 Å². The van der Waals surface area contributed by atoms with Crippen molar-refractivity contribution in [2.24, 2.45) is 0 Å². The van der Waals surface area contributed by atoms with Gasteiger partial charge in [0.15, 0.2) is 0 Å². The second kappa shape index (κ2) is 8.79. The standard InChI is InChI=1S/C19H20BrN5O2/c1-21-18(26)14-8-3-4-9-16(14)24-17-15(20)11-22-19(25-17)23-12-6-5-7-13(10-12)27-2/h3-9,11,13H,10H2,1-2H3,(H,21,26)(H2,22,23,24,25). The number of anilines is 3. The summed E-state index contributed by atoms with van der Waals surface area (Å²) in [7, 11) is 3.28. The first-order chi connectivity index (χ1) is 13.1. The van der Waals surface area contributed by atoms with E-state index in [0.717, 1.165) is 5.70 Å². The number of hydrogen-bond acceptors (Lipinski definition) is 6. The van der Waals surface area contributed by atoms with Crippen LogP contribution in [0.5, 0.6) is 0 Å². The van der Waals surface area contributed by atoms with Crippen LogP contribution in [0.4, 0.5) is 17.5 Å². The van der Waals surface area contributed by atoms with Crippen molar-refractivity contribution in [2.75, 3.05) is 24.8 Å². The molecule has 1 heterocycles. The zero-order valence-electron chi connectivity index (χ0n) is 15.0. The van der Waals surface area contributed by atoms with E-state index in [4.69, 9.17) is 4.74 Å². The molecule has 1 aromatic carbocycles. The first kappa shape index (κ1) is 19.1. The van der Waals surface area contributed by atoms with Gasteiger partial charge < -0.3 is 20.7 Å². The van der Waals surface area contributed by atoms with Crippen LogP contribution in [0.15, 0.2) is 58.9 Å². The molecule has 1 atom stereocenters. The Balaban J connectivity index is 1.82. The van der Waals surface area contributed by atoms with Gasteiger partial charge in [-0.1, -0.05) is 24.3 Å². The maximum atomic E-state index is 12.1. The Hall–Kier alpha value is -2.71. The lowest BCUT2D eigenvalue weighted by atomic mass is 10.1. The molecule has 8 heteroatoms. The number of aromatic nitrogens is 2. The SMILES string of the molecule is CNC(=O)c1ccccc1Nc1nc(NC2=CC=CC(OC)C2)ncc1Br. The fourth-order valence-corrected chi connectivity index (χ4v) is 2.90. The van der Waals surface area contributed by atoms with E-state index in [9.17, 15) is 4.79 Å². The largest absolute Gasteiger partial charge is 0.377 e. The molecule has 0 spiro atoms. The van der Waals surface area contributed by atoms with Crippen molar-refractivity contribution in [1.82, 2.24) is 15.3 Å². The first-order valence-corrected chi connectivity index (χ1v) is 9.18. The summed E-state index contributed by atoms with van der Waals surface area (Å²) >= 11 is 3.45. The zero-order chi connectivity index (χ0) is 19.2. The van der Waals surface area contributed by atoms with Gasteiger partial charge in [-0.2, -0.15) is 4.98 Å². The number of para-hydroxylation sites is 1. The Morgan fingerprint density at radius 3 is 2.89 bits per heavy atom. The molecule has 0 aliphatic heterocycles. The number of nitrogens with zero attached hydrogens (tertiary/aromatic N) is 2. The molecule has 1 aliphatic rings. The monoisotopic (exact) mass is 429 g/mol. The third-order valence-corrected chi connectivity index (χ3v) is 4.60. The molecule has 3 N–H and O–H groups in total. The molecule has 7 nitrogen and oxygen atoms in total. The van der Waals surface area contributed by atoms with Crippen molar-refractivity contribution < 1.29 is 9.53 Å². The molecular formula is C19H20BrN5O2. The molecule has 1 aromatic heterocycles. The van der Waals surface area contributed by atoms with Gasteiger partial charge in [-0.15, -0.1) is 0 Å². The molecule has 3 rings (SSSR count). The predicted molar refractivity (Wildman–Crippen MR) is 109 cm³/mol.